The first kappa shape index (κ1) is 22.7. The maximum Gasteiger partial charge on any atom is 0.488 e. The van der Waals surface area contributed by atoms with Gasteiger partial charge < -0.3 is 15.4 Å². The summed E-state index contributed by atoms with van der Waals surface area (Å²) in [6.07, 6.45) is 4.36. The number of benzene rings is 1. The predicted octanol–water partition coefficient (Wildman–Crippen LogP) is 3.57. The summed E-state index contributed by atoms with van der Waals surface area (Å²) in [4.78, 5) is 12.4. The summed E-state index contributed by atoms with van der Waals surface area (Å²) in [5, 5.41) is 22.0. The maximum absolute atomic E-state index is 12.4. The van der Waals surface area contributed by atoms with E-state index in [4.69, 9.17) is 0 Å². The van der Waals surface area contributed by atoms with Gasteiger partial charge in [-0.15, -0.1) is 0 Å². The number of carbonyl (C=O) groups excluding carboxylic acids is 1. The molecule has 146 valence electrons. The maximum atomic E-state index is 12.4. The van der Waals surface area contributed by atoms with Crippen LogP contribution in [0.3, 0.4) is 0 Å². The molecule has 3 N–H and O–H groups in total. The Morgan fingerprint density at radius 3 is 2.27 bits per heavy atom. The Morgan fingerprint density at radius 1 is 1.08 bits per heavy atom. The van der Waals surface area contributed by atoms with Crippen molar-refractivity contribution >= 4 is 18.5 Å². The van der Waals surface area contributed by atoms with Crippen LogP contribution in [0.25, 0.3) is 0 Å². The van der Waals surface area contributed by atoms with Gasteiger partial charge in [-0.25, -0.2) is 0 Å². The van der Waals surface area contributed by atoms with E-state index in [1.807, 2.05) is 6.07 Å². The molecule has 1 unspecified atom stereocenters. The SMILES string of the molecule is CC(C)(C)CCCCC(=O)NC(CC(C)(C)C)c1cccc(B(O)O)c1. The van der Waals surface area contributed by atoms with Crippen molar-refractivity contribution in [3.63, 3.8) is 0 Å². The molecule has 1 rings (SSSR count). The molecule has 0 saturated carbocycles. The number of amides is 1. The number of unbranched alkanes of at least 4 members (excludes halogenated alkanes) is 1. The highest BCUT2D eigenvalue weighted by Gasteiger charge is 2.23. The third kappa shape index (κ3) is 9.39. The molecular weight excluding hydrogens is 325 g/mol. The minimum absolute atomic E-state index is 0.0397. The lowest BCUT2D eigenvalue weighted by molar-refractivity contribution is -0.122. The summed E-state index contributed by atoms with van der Waals surface area (Å²) in [6.45, 7) is 13.1. The number of hydrogen-bond donors (Lipinski definition) is 3. The topological polar surface area (TPSA) is 69.6 Å². The first-order chi connectivity index (χ1) is 11.9. The number of nitrogens with one attached hydrogen (secondary N) is 1. The first-order valence-corrected chi connectivity index (χ1v) is 9.63. The van der Waals surface area contributed by atoms with Gasteiger partial charge in [-0.3, -0.25) is 4.79 Å². The zero-order valence-electron chi connectivity index (χ0n) is 17.3. The van der Waals surface area contributed by atoms with E-state index in [0.717, 1.165) is 31.2 Å². The Bertz CT molecular complexity index is 573. The highest BCUT2D eigenvalue weighted by Crippen LogP contribution is 2.29. The second-order valence-electron chi connectivity index (χ2n) is 9.70. The monoisotopic (exact) mass is 361 g/mol. The van der Waals surface area contributed by atoms with Crippen LogP contribution in [0.1, 0.15) is 85.3 Å². The van der Waals surface area contributed by atoms with Gasteiger partial charge in [0.05, 0.1) is 6.04 Å². The molecule has 0 bridgehead atoms. The van der Waals surface area contributed by atoms with Crippen molar-refractivity contribution in [3.05, 3.63) is 29.8 Å². The van der Waals surface area contributed by atoms with E-state index in [-0.39, 0.29) is 17.4 Å². The van der Waals surface area contributed by atoms with E-state index in [0.29, 0.717) is 17.3 Å². The van der Waals surface area contributed by atoms with Crippen molar-refractivity contribution in [1.82, 2.24) is 5.32 Å². The van der Waals surface area contributed by atoms with Gasteiger partial charge in [-0.05, 0) is 41.1 Å². The smallest absolute Gasteiger partial charge is 0.423 e. The Balaban J connectivity index is 2.75. The Kier molecular flexibility index (Phi) is 8.36. The molecule has 1 aromatic rings. The molecule has 5 heteroatoms. The molecule has 0 spiro atoms. The van der Waals surface area contributed by atoms with Gasteiger partial charge in [0, 0.05) is 6.42 Å². The number of rotatable bonds is 8. The fourth-order valence-electron chi connectivity index (χ4n) is 3.01. The van der Waals surface area contributed by atoms with Crippen LogP contribution < -0.4 is 10.8 Å². The zero-order valence-corrected chi connectivity index (χ0v) is 17.3. The molecule has 0 heterocycles. The molecule has 0 saturated heterocycles. The third-order valence-corrected chi connectivity index (χ3v) is 4.34. The second-order valence-corrected chi connectivity index (χ2v) is 9.70. The summed E-state index contributed by atoms with van der Waals surface area (Å²) in [5.41, 5.74) is 1.70. The molecule has 0 aliphatic rings. The molecule has 0 aliphatic carbocycles. The lowest BCUT2D eigenvalue weighted by atomic mass is 9.78. The van der Waals surface area contributed by atoms with Crippen molar-refractivity contribution in [3.8, 4) is 0 Å². The molecule has 4 nitrogen and oxygen atoms in total. The highest BCUT2D eigenvalue weighted by atomic mass is 16.4. The highest BCUT2D eigenvalue weighted by molar-refractivity contribution is 6.58. The Morgan fingerprint density at radius 2 is 1.73 bits per heavy atom. The minimum Gasteiger partial charge on any atom is -0.423 e. The molecule has 0 fully saturated rings. The first-order valence-electron chi connectivity index (χ1n) is 9.63. The van der Waals surface area contributed by atoms with E-state index in [1.54, 1.807) is 18.2 Å². The van der Waals surface area contributed by atoms with Crippen LogP contribution in [-0.2, 0) is 4.79 Å². The number of hydrogen-bond acceptors (Lipinski definition) is 3. The largest absolute Gasteiger partial charge is 0.488 e. The van der Waals surface area contributed by atoms with Crippen LogP contribution in [0.4, 0.5) is 0 Å². The van der Waals surface area contributed by atoms with Gasteiger partial charge in [0.15, 0.2) is 0 Å². The molecular formula is C21H36BNO3. The van der Waals surface area contributed by atoms with Gasteiger partial charge in [0.2, 0.25) is 5.91 Å². The molecule has 26 heavy (non-hydrogen) atoms. The van der Waals surface area contributed by atoms with Gasteiger partial charge in [0.1, 0.15) is 0 Å². The fourth-order valence-corrected chi connectivity index (χ4v) is 3.01. The van der Waals surface area contributed by atoms with Crippen molar-refractivity contribution in [1.29, 1.82) is 0 Å². The van der Waals surface area contributed by atoms with Gasteiger partial charge in [-0.2, -0.15) is 0 Å². The van der Waals surface area contributed by atoms with Crippen LogP contribution >= 0.6 is 0 Å². The van der Waals surface area contributed by atoms with Crippen LogP contribution in [0.5, 0.6) is 0 Å². The lowest BCUT2D eigenvalue weighted by Gasteiger charge is -2.27. The molecule has 0 radical (unpaired) electrons. The van der Waals surface area contributed by atoms with E-state index in [9.17, 15) is 14.8 Å². The summed E-state index contributed by atoms with van der Waals surface area (Å²) in [6, 6.07) is 7.04. The normalized spacial score (nSPS) is 13.4. The summed E-state index contributed by atoms with van der Waals surface area (Å²) < 4.78 is 0. The van der Waals surface area contributed by atoms with E-state index in [1.165, 1.54) is 0 Å². The van der Waals surface area contributed by atoms with E-state index >= 15 is 0 Å². The molecule has 1 amide bonds. The van der Waals surface area contributed by atoms with Crippen LogP contribution in [0, 0.1) is 10.8 Å². The van der Waals surface area contributed by atoms with E-state index < -0.39 is 7.12 Å². The molecule has 0 aliphatic heterocycles. The Labute approximate surface area is 159 Å². The second kappa shape index (κ2) is 9.56. The predicted molar refractivity (Wildman–Crippen MR) is 109 cm³/mol. The quantitative estimate of drug-likeness (QED) is 0.490. The molecule has 0 aromatic heterocycles. The van der Waals surface area contributed by atoms with Gasteiger partial charge >= 0.3 is 7.12 Å². The molecule has 1 atom stereocenters. The van der Waals surface area contributed by atoms with Crippen molar-refractivity contribution in [2.24, 2.45) is 10.8 Å². The van der Waals surface area contributed by atoms with Crippen LogP contribution in [-0.4, -0.2) is 23.1 Å². The van der Waals surface area contributed by atoms with Crippen molar-refractivity contribution in [2.75, 3.05) is 0 Å². The van der Waals surface area contributed by atoms with Crippen molar-refractivity contribution < 1.29 is 14.8 Å². The third-order valence-electron chi connectivity index (χ3n) is 4.34. The minimum atomic E-state index is -1.50. The van der Waals surface area contributed by atoms with Crippen LogP contribution in [0.2, 0.25) is 0 Å². The summed E-state index contributed by atoms with van der Waals surface area (Å²) >= 11 is 0. The summed E-state index contributed by atoms with van der Waals surface area (Å²) in [7, 11) is -1.50. The Hall–Kier alpha value is -1.33. The zero-order chi connectivity index (χ0) is 20.0. The van der Waals surface area contributed by atoms with Gasteiger partial charge in [-0.1, -0.05) is 72.2 Å². The standard InChI is InChI=1S/C21H36BNO3/c1-20(2,3)13-8-7-12-19(24)23-18(15-21(4,5)6)16-10-9-11-17(14-16)22(25)26/h9-11,14,18,25-26H,7-8,12-13,15H2,1-6H3,(H,23,24). The fraction of sp³-hybridized carbons (Fsp3) is 0.667. The van der Waals surface area contributed by atoms with E-state index in [2.05, 4.69) is 46.9 Å². The average Bonchev–Trinajstić information content (AvgIpc) is 2.49. The molecule has 1 aromatic carbocycles. The average molecular weight is 361 g/mol. The number of carbonyl (C=O) groups is 1. The van der Waals surface area contributed by atoms with Crippen LogP contribution in [0.15, 0.2) is 24.3 Å². The summed E-state index contributed by atoms with van der Waals surface area (Å²) in [5.74, 6) is 0.0584. The van der Waals surface area contributed by atoms with Crippen molar-refractivity contribution in [2.45, 2.75) is 79.7 Å². The van der Waals surface area contributed by atoms with Gasteiger partial charge in [0.25, 0.3) is 0 Å². The lowest BCUT2D eigenvalue weighted by Crippen LogP contribution is -2.34.